The highest BCUT2D eigenvalue weighted by molar-refractivity contribution is 7.26. The average Bonchev–Trinajstić information content (AvgIpc) is 3.89. The lowest BCUT2D eigenvalue weighted by molar-refractivity contribution is -0.0399. The van der Waals surface area contributed by atoms with Gasteiger partial charge in [0.25, 0.3) is 0 Å². The lowest BCUT2D eigenvalue weighted by atomic mass is 9.43. The summed E-state index contributed by atoms with van der Waals surface area (Å²) in [5, 5.41) is 10.3. The van der Waals surface area contributed by atoms with Crippen LogP contribution >= 0.6 is 11.3 Å². The summed E-state index contributed by atoms with van der Waals surface area (Å²) in [7, 11) is 0. The van der Waals surface area contributed by atoms with Gasteiger partial charge in [-0.2, -0.15) is 0 Å². The van der Waals surface area contributed by atoms with Crippen LogP contribution in [0.2, 0.25) is 0 Å². The molecule has 1 spiro atoms. The van der Waals surface area contributed by atoms with Crippen molar-refractivity contribution in [1.29, 1.82) is 0 Å². The first-order valence-electron chi connectivity index (χ1n) is 23.8. The number of hydrogen-bond donors (Lipinski definition) is 0. The van der Waals surface area contributed by atoms with E-state index in [1.807, 2.05) is 11.3 Å². The summed E-state index contributed by atoms with van der Waals surface area (Å²) in [6.45, 7) is 0. The molecular weight excluding hydrogens is 817 g/mol. The molecule has 318 valence electrons. The minimum Gasteiger partial charge on any atom is -0.309 e. The van der Waals surface area contributed by atoms with Crippen LogP contribution in [0.1, 0.15) is 50.7 Å². The van der Waals surface area contributed by atoms with E-state index in [1.54, 1.807) is 11.1 Å². The molecule has 0 aliphatic heterocycles. The maximum absolute atomic E-state index is 2.61. The Kier molecular flexibility index (Phi) is 8.29. The van der Waals surface area contributed by atoms with Crippen LogP contribution in [0.5, 0.6) is 0 Å². The van der Waals surface area contributed by atoms with Gasteiger partial charge in [-0.25, -0.2) is 0 Å². The van der Waals surface area contributed by atoms with Gasteiger partial charge in [0.2, 0.25) is 0 Å². The molecule has 1 aromatic heterocycles. The Bertz CT molecular complexity index is 3670. The lowest BCUT2D eigenvalue weighted by Crippen LogP contribution is -2.55. The van der Waals surface area contributed by atoms with Crippen LogP contribution in [-0.4, -0.2) is 0 Å². The van der Waals surface area contributed by atoms with Crippen molar-refractivity contribution < 1.29 is 0 Å². The average molecular weight is 867 g/mol. The Morgan fingerprint density at radius 3 is 1.56 bits per heavy atom. The topological polar surface area (TPSA) is 6.48 Å². The number of para-hydroxylation sites is 2. The summed E-state index contributed by atoms with van der Waals surface area (Å²) in [6.07, 6.45) is 6.98. The van der Waals surface area contributed by atoms with Crippen LogP contribution in [0.3, 0.4) is 0 Å². The van der Waals surface area contributed by atoms with Crippen molar-refractivity contribution in [2.75, 3.05) is 9.80 Å². The van der Waals surface area contributed by atoms with Crippen molar-refractivity contribution in [2.45, 2.75) is 44.9 Å². The Morgan fingerprint density at radius 1 is 0.379 bits per heavy atom. The van der Waals surface area contributed by atoms with Gasteiger partial charge in [-0.3, -0.25) is 0 Å². The summed E-state index contributed by atoms with van der Waals surface area (Å²) in [6, 6.07) is 73.7. The molecule has 0 atom stereocenters. The predicted molar refractivity (Wildman–Crippen MR) is 282 cm³/mol. The van der Waals surface area contributed by atoms with Crippen molar-refractivity contribution in [3.63, 3.8) is 0 Å². The van der Waals surface area contributed by atoms with Gasteiger partial charge in [-0.05, 0) is 155 Å². The minimum atomic E-state index is 0. The largest absolute Gasteiger partial charge is 0.309 e. The molecule has 0 unspecified atom stereocenters. The van der Waals surface area contributed by atoms with Crippen molar-refractivity contribution in [3.05, 3.63) is 205 Å². The summed E-state index contributed by atoms with van der Waals surface area (Å²) in [4.78, 5) is 5.12. The third-order valence-electron chi connectivity index (χ3n) is 16.5. The lowest BCUT2D eigenvalue weighted by Gasteiger charge is -2.61. The van der Waals surface area contributed by atoms with Crippen LogP contribution in [0, 0.1) is 23.7 Å². The molecule has 3 heteroatoms. The van der Waals surface area contributed by atoms with Crippen LogP contribution in [0.15, 0.2) is 194 Å². The second-order valence-corrected chi connectivity index (χ2v) is 20.7. The number of thiophene rings is 1. The van der Waals surface area contributed by atoms with Crippen LogP contribution in [-0.2, 0) is 5.41 Å². The maximum Gasteiger partial charge on any atom is 0.0555 e. The zero-order valence-corrected chi connectivity index (χ0v) is 36.9. The van der Waals surface area contributed by atoms with Crippen LogP contribution < -0.4 is 9.80 Å². The molecule has 0 radical (unpaired) electrons. The molecule has 1 heterocycles. The molecule has 0 N–H and O–H groups in total. The molecule has 4 saturated carbocycles. The second kappa shape index (κ2) is 14.3. The van der Waals surface area contributed by atoms with Crippen molar-refractivity contribution in [3.8, 4) is 11.1 Å². The molecule has 4 fully saturated rings. The van der Waals surface area contributed by atoms with E-state index in [0.29, 0.717) is 11.8 Å². The van der Waals surface area contributed by atoms with E-state index in [4.69, 9.17) is 0 Å². The fourth-order valence-corrected chi connectivity index (χ4v) is 15.6. The van der Waals surface area contributed by atoms with E-state index >= 15 is 0 Å². The van der Waals surface area contributed by atoms with Gasteiger partial charge in [-0.1, -0.05) is 141 Å². The standard InChI is InChI=1S/C62H46N2S.CH4/c1-3-13-44(14-4-1)63(54-21-11-20-51-60(54)46-17-7-9-19-50(46)62(51)42-34-38-33-39(36-42)37-43(62)35-38)52-31-27-40-26-30-48-53(32-28-41-25-29-47(52)58(40)59(41)48)64(45-15-5-2-6-16-45)55-22-12-24-57-61(55)49-18-8-10-23-56(49)65-57;/h1-32,38-39,42-43H,33-37H2;1H4. The Morgan fingerprint density at radius 2 is 0.894 bits per heavy atom. The molecule has 0 amide bonds. The number of benzene rings is 10. The van der Waals surface area contributed by atoms with Crippen molar-refractivity contribution >= 4 is 98.0 Å². The highest BCUT2D eigenvalue weighted by Gasteiger charge is 2.62. The number of anilines is 6. The Hall–Kier alpha value is -6.94. The van der Waals surface area contributed by atoms with Crippen molar-refractivity contribution in [2.24, 2.45) is 23.7 Å². The summed E-state index contributed by atoms with van der Waals surface area (Å²) >= 11 is 1.88. The van der Waals surface area contributed by atoms with Gasteiger partial charge >= 0.3 is 0 Å². The molecule has 2 nitrogen and oxygen atoms in total. The molecule has 11 aromatic rings. The zero-order valence-electron chi connectivity index (χ0n) is 36.1. The monoisotopic (exact) mass is 866 g/mol. The normalized spacial score (nSPS) is 21.3. The second-order valence-electron chi connectivity index (χ2n) is 19.6. The third kappa shape index (κ3) is 5.12. The first-order chi connectivity index (χ1) is 32.2. The highest BCUT2D eigenvalue weighted by atomic mass is 32.1. The number of rotatable bonds is 6. The van der Waals surface area contributed by atoms with Gasteiger partial charge in [0.1, 0.15) is 0 Å². The molecule has 5 aliphatic rings. The molecule has 10 aromatic carbocycles. The van der Waals surface area contributed by atoms with Gasteiger partial charge < -0.3 is 9.80 Å². The van der Waals surface area contributed by atoms with Crippen LogP contribution in [0.25, 0.3) is 63.6 Å². The predicted octanol–water partition coefficient (Wildman–Crippen LogP) is 18.3. The molecule has 4 bridgehead atoms. The summed E-state index contributed by atoms with van der Waals surface area (Å²) < 4.78 is 2.62. The summed E-state index contributed by atoms with van der Waals surface area (Å²) in [5.41, 5.74) is 13.4. The van der Waals surface area contributed by atoms with Crippen LogP contribution in [0.4, 0.5) is 34.1 Å². The van der Waals surface area contributed by atoms with Gasteiger partial charge in [-0.15, -0.1) is 11.3 Å². The molecule has 5 aliphatic carbocycles. The SMILES string of the molecule is C.c1ccc(N(c2cccc3c2-c2ccccc2C32C3CC4CC(C3)CC2C4)c2ccc3ccc4c(N(c5ccccc5)c5cccc6sc7ccccc7c56)ccc5ccc2c3c54)cc1. The van der Waals surface area contributed by atoms with Gasteiger partial charge in [0, 0.05) is 53.3 Å². The minimum absolute atomic E-state index is 0. The smallest absolute Gasteiger partial charge is 0.0555 e. The quantitative estimate of drug-likeness (QED) is 0.154. The number of fused-ring (bicyclic) bond motifs is 6. The third-order valence-corrected chi connectivity index (χ3v) is 17.7. The summed E-state index contributed by atoms with van der Waals surface area (Å²) in [5.74, 6) is 3.24. The Balaban J connectivity index is 0.00000416. The molecular formula is C63H50N2S. The van der Waals surface area contributed by atoms with E-state index in [-0.39, 0.29) is 12.8 Å². The molecule has 0 saturated heterocycles. The fraction of sp³-hybridized carbons (Fsp3) is 0.175. The van der Waals surface area contributed by atoms with Gasteiger partial charge in [0.15, 0.2) is 0 Å². The van der Waals surface area contributed by atoms with E-state index in [2.05, 4.69) is 204 Å². The van der Waals surface area contributed by atoms with E-state index in [1.165, 1.54) is 124 Å². The fourth-order valence-electron chi connectivity index (χ4n) is 14.4. The first kappa shape index (κ1) is 38.3. The highest BCUT2D eigenvalue weighted by Crippen LogP contribution is 2.70. The number of hydrogen-bond acceptors (Lipinski definition) is 3. The first-order valence-corrected chi connectivity index (χ1v) is 24.6. The molecule has 66 heavy (non-hydrogen) atoms. The van der Waals surface area contributed by atoms with E-state index in [9.17, 15) is 0 Å². The Labute approximate surface area is 390 Å². The van der Waals surface area contributed by atoms with Crippen molar-refractivity contribution in [1.82, 2.24) is 0 Å². The zero-order chi connectivity index (χ0) is 42.4. The van der Waals surface area contributed by atoms with E-state index < -0.39 is 0 Å². The maximum atomic E-state index is 2.61. The van der Waals surface area contributed by atoms with E-state index in [0.717, 1.165) is 17.5 Å². The number of nitrogens with zero attached hydrogens (tertiary/aromatic N) is 2. The molecule has 16 rings (SSSR count). The van der Waals surface area contributed by atoms with Gasteiger partial charge in [0.05, 0.1) is 22.7 Å².